The molecule has 2 atom stereocenters. The number of morpholine rings is 1. The summed E-state index contributed by atoms with van der Waals surface area (Å²) in [5.74, 6) is 0. The lowest BCUT2D eigenvalue weighted by Gasteiger charge is -2.36. The van der Waals surface area contributed by atoms with Gasteiger partial charge in [-0.1, -0.05) is 0 Å². The quantitative estimate of drug-likeness (QED) is 0.570. The Hall–Kier alpha value is -0.390. The van der Waals surface area contributed by atoms with E-state index < -0.39 is 0 Å². The second-order valence-corrected chi connectivity index (χ2v) is 4.27. The van der Waals surface area contributed by atoms with Crippen molar-refractivity contribution in [3.63, 3.8) is 0 Å². The molecule has 0 spiro atoms. The number of thiocarbonyl (C=S) groups is 1. The SMILES string of the molecule is COCCNC(=S)N1CC(C)OC(C)C1. The van der Waals surface area contributed by atoms with Gasteiger partial charge in [-0.05, 0) is 26.1 Å². The van der Waals surface area contributed by atoms with Crippen LogP contribution in [0.15, 0.2) is 0 Å². The monoisotopic (exact) mass is 232 g/mol. The predicted octanol–water partition coefficient (Wildman–Crippen LogP) is 0.616. The predicted molar refractivity (Wildman–Crippen MR) is 64.1 cm³/mol. The van der Waals surface area contributed by atoms with E-state index in [1.165, 1.54) is 0 Å². The number of methoxy groups -OCH3 is 1. The van der Waals surface area contributed by atoms with Gasteiger partial charge in [0.25, 0.3) is 0 Å². The Balaban J connectivity index is 2.31. The second-order valence-electron chi connectivity index (χ2n) is 3.89. The molecule has 0 aromatic heterocycles. The molecule has 1 aliphatic rings. The van der Waals surface area contributed by atoms with Gasteiger partial charge in [-0.15, -0.1) is 0 Å². The van der Waals surface area contributed by atoms with Crippen LogP contribution in [0.3, 0.4) is 0 Å². The third-order valence-electron chi connectivity index (χ3n) is 2.29. The Labute approximate surface area is 96.9 Å². The summed E-state index contributed by atoms with van der Waals surface area (Å²) in [7, 11) is 1.68. The van der Waals surface area contributed by atoms with Crippen molar-refractivity contribution in [2.45, 2.75) is 26.1 Å². The first-order valence-corrected chi connectivity index (χ1v) is 5.71. The molecule has 1 N–H and O–H groups in total. The highest BCUT2D eigenvalue weighted by molar-refractivity contribution is 7.80. The Morgan fingerprint density at radius 1 is 1.47 bits per heavy atom. The van der Waals surface area contributed by atoms with Crippen molar-refractivity contribution >= 4 is 17.3 Å². The maximum atomic E-state index is 5.64. The summed E-state index contributed by atoms with van der Waals surface area (Å²) in [5, 5.41) is 3.97. The van der Waals surface area contributed by atoms with Crippen LogP contribution in [0.5, 0.6) is 0 Å². The number of nitrogens with one attached hydrogen (secondary N) is 1. The van der Waals surface area contributed by atoms with E-state index in [9.17, 15) is 0 Å². The maximum Gasteiger partial charge on any atom is 0.169 e. The third-order valence-corrected chi connectivity index (χ3v) is 2.69. The van der Waals surface area contributed by atoms with E-state index >= 15 is 0 Å². The molecule has 88 valence electrons. The molecule has 0 saturated carbocycles. The summed E-state index contributed by atoms with van der Waals surface area (Å²) in [5.41, 5.74) is 0. The van der Waals surface area contributed by atoms with Crippen LogP contribution < -0.4 is 5.32 Å². The third kappa shape index (κ3) is 4.32. The number of nitrogens with zero attached hydrogens (tertiary/aromatic N) is 1. The fraction of sp³-hybridized carbons (Fsp3) is 0.900. The van der Waals surface area contributed by atoms with Gasteiger partial charge in [0.05, 0.1) is 18.8 Å². The van der Waals surface area contributed by atoms with Crippen LogP contribution in [-0.4, -0.2) is 55.6 Å². The van der Waals surface area contributed by atoms with E-state index in [4.69, 9.17) is 21.7 Å². The van der Waals surface area contributed by atoms with Crippen LogP contribution in [0.25, 0.3) is 0 Å². The largest absolute Gasteiger partial charge is 0.383 e. The second kappa shape index (κ2) is 6.25. The Bertz CT molecular complexity index is 204. The summed E-state index contributed by atoms with van der Waals surface area (Å²) in [6, 6.07) is 0. The minimum absolute atomic E-state index is 0.246. The molecule has 5 heteroatoms. The van der Waals surface area contributed by atoms with Gasteiger partial charge in [0.15, 0.2) is 5.11 Å². The van der Waals surface area contributed by atoms with Crippen LogP contribution in [0, 0.1) is 0 Å². The van der Waals surface area contributed by atoms with Crippen molar-refractivity contribution in [1.29, 1.82) is 0 Å². The topological polar surface area (TPSA) is 33.7 Å². The molecule has 1 heterocycles. The van der Waals surface area contributed by atoms with Gasteiger partial charge in [-0.3, -0.25) is 0 Å². The highest BCUT2D eigenvalue weighted by Crippen LogP contribution is 2.10. The molecule has 15 heavy (non-hydrogen) atoms. The van der Waals surface area contributed by atoms with Gasteiger partial charge in [0, 0.05) is 26.7 Å². The molecule has 0 bridgehead atoms. The first-order chi connectivity index (χ1) is 7.13. The summed E-state index contributed by atoms with van der Waals surface area (Å²) in [6.45, 7) is 7.30. The molecular formula is C10H20N2O2S. The van der Waals surface area contributed by atoms with Crippen molar-refractivity contribution in [3.8, 4) is 0 Å². The van der Waals surface area contributed by atoms with E-state index in [2.05, 4.69) is 24.1 Å². The van der Waals surface area contributed by atoms with Crippen molar-refractivity contribution in [1.82, 2.24) is 10.2 Å². The zero-order valence-corrected chi connectivity index (χ0v) is 10.5. The van der Waals surface area contributed by atoms with Crippen LogP contribution in [0.4, 0.5) is 0 Å². The van der Waals surface area contributed by atoms with Crippen LogP contribution >= 0.6 is 12.2 Å². The zero-order valence-electron chi connectivity index (χ0n) is 9.66. The lowest BCUT2D eigenvalue weighted by atomic mass is 10.2. The fourth-order valence-corrected chi connectivity index (χ4v) is 1.97. The molecule has 0 aliphatic carbocycles. The van der Waals surface area contributed by atoms with Gasteiger partial charge in [-0.2, -0.15) is 0 Å². The summed E-state index contributed by atoms with van der Waals surface area (Å²) in [4.78, 5) is 2.16. The lowest BCUT2D eigenvalue weighted by molar-refractivity contribution is -0.0482. The molecule has 0 aromatic carbocycles. The van der Waals surface area contributed by atoms with E-state index in [0.717, 1.165) is 24.7 Å². The minimum Gasteiger partial charge on any atom is -0.383 e. The molecule has 1 saturated heterocycles. The van der Waals surface area contributed by atoms with E-state index in [1.807, 2.05) is 0 Å². The standard InChI is InChI=1S/C10H20N2O2S/c1-8-6-12(7-9(2)14-8)10(15)11-4-5-13-3/h8-9H,4-7H2,1-3H3,(H,11,15). The number of ether oxygens (including phenoxy) is 2. The summed E-state index contributed by atoms with van der Waals surface area (Å²) in [6.07, 6.45) is 0.492. The summed E-state index contributed by atoms with van der Waals surface area (Å²) < 4.78 is 10.6. The van der Waals surface area contributed by atoms with Gasteiger partial charge in [0.1, 0.15) is 0 Å². The van der Waals surface area contributed by atoms with Gasteiger partial charge in [0.2, 0.25) is 0 Å². The van der Waals surface area contributed by atoms with Crippen molar-refractivity contribution in [2.75, 3.05) is 33.4 Å². The lowest BCUT2D eigenvalue weighted by Crippen LogP contribution is -2.51. The molecule has 4 nitrogen and oxygen atoms in total. The highest BCUT2D eigenvalue weighted by atomic mass is 32.1. The van der Waals surface area contributed by atoms with Crippen LogP contribution in [-0.2, 0) is 9.47 Å². The van der Waals surface area contributed by atoms with Gasteiger partial charge >= 0.3 is 0 Å². The molecular weight excluding hydrogens is 212 g/mol. The Kier molecular flexibility index (Phi) is 5.28. The molecule has 0 amide bonds. The smallest absolute Gasteiger partial charge is 0.169 e. The van der Waals surface area contributed by atoms with E-state index in [-0.39, 0.29) is 12.2 Å². The first kappa shape index (κ1) is 12.7. The van der Waals surface area contributed by atoms with E-state index in [0.29, 0.717) is 6.61 Å². The van der Waals surface area contributed by atoms with E-state index in [1.54, 1.807) is 7.11 Å². The normalized spacial score (nSPS) is 26.5. The van der Waals surface area contributed by atoms with Crippen molar-refractivity contribution in [2.24, 2.45) is 0 Å². The van der Waals surface area contributed by atoms with Crippen molar-refractivity contribution < 1.29 is 9.47 Å². The van der Waals surface area contributed by atoms with Gasteiger partial charge in [-0.25, -0.2) is 0 Å². The molecule has 0 radical (unpaired) electrons. The average Bonchev–Trinajstić information content (AvgIpc) is 2.16. The Morgan fingerprint density at radius 3 is 2.60 bits per heavy atom. The first-order valence-electron chi connectivity index (χ1n) is 5.30. The fourth-order valence-electron chi connectivity index (χ4n) is 1.72. The number of hydrogen-bond donors (Lipinski definition) is 1. The number of hydrogen-bond acceptors (Lipinski definition) is 3. The molecule has 1 rings (SSSR count). The Morgan fingerprint density at radius 2 is 2.07 bits per heavy atom. The number of rotatable bonds is 3. The van der Waals surface area contributed by atoms with Crippen LogP contribution in [0.1, 0.15) is 13.8 Å². The zero-order chi connectivity index (χ0) is 11.3. The maximum absolute atomic E-state index is 5.64. The minimum atomic E-state index is 0.246. The van der Waals surface area contributed by atoms with Gasteiger partial charge < -0.3 is 19.7 Å². The molecule has 1 fully saturated rings. The molecule has 2 unspecified atom stereocenters. The molecule has 1 aliphatic heterocycles. The van der Waals surface area contributed by atoms with Crippen LogP contribution in [0.2, 0.25) is 0 Å². The van der Waals surface area contributed by atoms with Crippen molar-refractivity contribution in [3.05, 3.63) is 0 Å². The summed E-state index contributed by atoms with van der Waals surface area (Å²) >= 11 is 5.30. The highest BCUT2D eigenvalue weighted by Gasteiger charge is 2.23. The average molecular weight is 232 g/mol. The molecule has 0 aromatic rings.